The Labute approximate surface area is 175 Å². The second kappa shape index (κ2) is 13.3. The first-order valence-corrected chi connectivity index (χ1v) is 8.30. The highest BCUT2D eigenvalue weighted by Crippen LogP contribution is 2.33. The summed E-state index contributed by atoms with van der Waals surface area (Å²) in [5, 5.41) is 5.89. The zero-order valence-electron chi connectivity index (χ0n) is 15.9. The van der Waals surface area contributed by atoms with E-state index in [9.17, 15) is 13.6 Å². The number of benzene rings is 1. The smallest absolute Gasteiger partial charge is 0.387 e. The van der Waals surface area contributed by atoms with Gasteiger partial charge in [0.2, 0.25) is 5.91 Å². The molecule has 0 bridgehead atoms. The van der Waals surface area contributed by atoms with Crippen molar-refractivity contribution in [3.05, 3.63) is 23.8 Å². The maximum Gasteiger partial charge on any atom is 0.387 e. The molecule has 0 saturated carbocycles. The van der Waals surface area contributed by atoms with Crippen LogP contribution in [0.25, 0.3) is 0 Å². The van der Waals surface area contributed by atoms with Crippen LogP contribution in [-0.4, -0.2) is 57.2 Å². The minimum Gasteiger partial charge on any atom is -0.490 e. The lowest BCUT2D eigenvalue weighted by molar-refractivity contribution is -0.127. The van der Waals surface area contributed by atoms with Crippen LogP contribution < -0.4 is 20.1 Å². The fourth-order valence-corrected chi connectivity index (χ4v) is 2.00. The van der Waals surface area contributed by atoms with Gasteiger partial charge in [-0.15, -0.1) is 24.0 Å². The predicted molar refractivity (Wildman–Crippen MR) is 111 cm³/mol. The molecule has 0 aliphatic heterocycles. The van der Waals surface area contributed by atoms with E-state index < -0.39 is 6.61 Å². The molecule has 1 amide bonds. The maximum atomic E-state index is 12.7. The number of likely N-dealkylation sites (N-methyl/N-ethyl adjacent to an activating group) is 1. The SMILES string of the molecule is CCNC(=NCc1cccc(OCC)c1OC(F)F)NCC(=O)N(C)C.I. The maximum absolute atomic E-state index is 12.7. The third-order valence-electron chi connectivity index (χ3n) is 3.22. The molecule has 0 fully saturated rings. The van der Waals surface area contributed by atoms with Crippen LogP contribution in [0.1, 0.15) is 19.4 Å². The van der Waals surface area contributed by atoms with Crippen molar-refractivity contribution < 1.29 is 23.0 Å². The van der Waals surface area contributed by atoms with Crippen LogP contribution in [0.2, 0.25) is 0 Å². The van der Waals surface area contributed by atoms with Crippen LogP contribution in [0.15, 0.2) is 23.2 Å². The Balaban J connectivity index is 0.00000676. The van der Waals surface area contributed by atoms with E-state index in [0.29, 0.717) is 24.7 Å². The van der Waals surface area contributed by atoms with Crippen molar-refractivity contribution in [3.63, 3.8) is 0 Å². The van der Waals surface area contributed by atoms with Crippen LogP contribution in [0, 0.1) is 0 Å². The first-order chi connectivity index (χ1) is 12.4. The monoisotopic (exact) mass is 500 g/mol. The van der Waals surface area contributed by atoms with Crippen LogP contribution >= 0.6 is 24.0 Å². The number of amides is 1. The van der Waals surface area contributed by atoms with E-state index in [4.69, 9.17) is 4.74 Å². The van der Waals surface area contributed by atoms with Gasteiger partial charge < -0.3 is 25.0 Å². The van der Waals surface area contributed by atoms with Gasteiger partial charge in [0.15, 0.2) is 17.5 Å². The van der Waals surface area contributed by atoms with Gasteiger partial charge in [-0.2, -0.15) is 8.78 Å². The number of ether oxygens (including phenoxy) is 2. The normalized spacial score (nSPS) is 10.9. The van der Waals surface area contributed by atoms with E-state index in [1.807, 2.05) is 6.92 Å². The molecule has 0 heterocycles. The van der Waals surface area contributed by atoms with E-state index >= 15 is 0 Å². The number of para-hydroxylation sites is 1. The molecule has 0 spiro atoms. The second-order valence-electron chi connectivity index (χ2n) is 5.39. The highest BCUT2D eigenvalue weighted by molar-refractivity contribution is 14.0. The second-order valence-corrected chi connectivity index (χ2v) is 5.39. The topological polar surface area (TPSA) is 75.2 Å². The zero-order valence-corrected chi connectivity index (χ0v) is 18.3. The summed E-state index contributed by atoms with van der Waals surface area (Å²) in [4.78, 5) is 17.5. The number of hydrogen-bond donors (Lipinski definition) is 2. The van der Waals surface area contributed by atoms with Crippen LogP contribution in [0.4, 0.5) is 8.78 Å². The Morgan fingerprint density at radius 3 is 2.52 bits per heavy atom. The Morgan fingerprint density at radius 2 is 1.96 bits per heavy atom. The molecule has 0 saturated heterocycles. The minimum absolute atomic E-state index is 0. The number of carbonyl (C=O) groups is 1. The predicted octanol–water partition coefficient (Wildman–Crippen LogP) is 2.45. The summed E-state index contributed by atoms with van der Waals surface area (Å²) in [7, 11) is 3.31. The lowest BCUT2D eigenvalue weighted by atomic mass is 10.2. The molecule has 10 heteroatoms. The number of aliphatic imine (C=N–C) groups is 1. The zero-order chi connectivity index (χ0) is 19.5. The Morgan fingerprint density at radius 1 is 1.26 bits per heavy atom. The highest BCUT2D eigenvalue weighted by Gasteiger charge is 2.15. The number of rotatable bonds is 9. The molecule has 0 radical (unpaired) electrons. The largest absolute Gasteiger partial charge is 0.490 e. The van der Waals surface area contributed by atoms with Crippen molar-refractivity contribution in [1.82, 2.24) is 15.5 Å². The van der Waals surface area contributed by atoms with E-state index in [1.54, 1.807) is 39.2 Å². The number of nitrogens with zero attached hydrogens (tertiary/aromatic N) is 2. The van der Waals surface area contributed by atoms with Crippen molar-refractivity contribution in [2.75, 3.05) is 33.8 Å². The van der Waals surface area contributed by atoms with Crippen LogP contribution in [-0.2, 0) is 11.3 Å². The number of carbonyl (C=O) groups excluding carboxylic acids is 1. The van der Waals surface area contributed by atoms with Gasteiger partial charge in [-0.05, 0) is 19.9 Å². The van der Waals surface area contributed by atoms with Gasteiger partial charge in [-0.3, -0.25) is 4.79 Å². The lowest BCUT2D eigenvalue weighted by Gasteiger charge is -2.16. The van der Waals surface area contributed by atoms with Gasteiger partial charge in [0.25, 0.3) is 0 Å². The third-order valence-corrected chi connectivity index (χ3v) is 3.22. The van der Waals surface area contributed by atoms with E-state index in [1.165, 1.54) is 4.90 Å². The molecule has 1 rings (SSSR count). The summed E-state index contributed by atoms with van der Waals surface area (Å²) in [5.74, 6) is 0.484. The highest BCUT2D eigenvalue weighted by atomic mass is 127. The summed E-state index contributed by atoms with van der Waals surface area (Å²) < 4.78 is 35.5. The molecule has 27 heavy (non-hydrogen) atoms. The van der Waals surface area contributed by atoms with E-state index in [-0.39, 0.29) is 54.5 Å². The van der Waals surface area contributed by atoms with Crippen molar-refractivity contribution in [3.8, 4) is 11.5 Å². The summed E-state index contributed by atoms with van der Waals surface area (Å²) in [6.45, 7) is 1.72. The van der Waals surface area contributed by atoms with Crippen molar-refractivity contribution in [1.29, 1.82) is 0 Å². The molecule has 0 atom stereocenters. The molecular weight excluding hydrogens is 473 g/mol. The molecule has 0 unspecified atom stereocenters. The molecule has 1 aromatic rings. The number of guanidine groups is 1. The number of alkyl halides is 2. The van der Waals surface area contributed by atoms with Crippen molar-refractivity contribution >= 4 is 35.8 Å². The van der Waals surface area contributed by atoms with Gasteiger partial charge in [0.1, 0.15) is 0 Å². The van der Waals surface area contributed by atoms with Gasteiger partial charge >= 0.3 is 6.61 Å². The molecule has 7 nitrogen and oxygen atoms in total. The van der Waals surface area contributed by atoms with Crippen molar-refractivity contribution in [2.45, 2.75) is 27.0 Å². The summed E-state index contributed by atoms with van der Waals surface area (Å²) in [6.07, 6.45) is 0. The summed E-state index contributed by atoms with van der Waals surface area (Å²) in [6, 6.07) is 4.88. The minimum atomic E-state index is -2.97. The third kappa shape index (κ3) is 9.07. The number of hydrogen-bond acceptors (Lipinski definition) is 4. The Kier molecular flexibility index (Phi) is 12.4. The van der Waals surface area contributed by atoms with E-state index in [2.05, 4.69) is 20.4 Å². The Bertz CT molecular complexity index is 616. The van der Waals surface area contributed by atoms with E-state index in [0.717, 1.165) is 0 Å². The summed E-state index contributed by atoms with van der Waals surface area (Å²) >= 11 is 0. The average molecular weight is 500 g/mol. The molecule has 0 aliphatic rings. The van der Waals surface area contributed by atoms with Gasteiger partial charge in [-0.1, -0.05) is 12.1 Å². The van der Waals surface area contributed by atoms with Gasteiger partial charge in [-0.25, -0.2) is 4.99 Å². The quantitative estimate of drug-likeness (QED) is 0.310. The molecule has 2 N–H and O–H groups in total. The molecule has 0 aliphatic carbocycles. The fourth-order valence-electron chi connectivity index (χ4n) is 2.00. The van der Waals surface area contributed by atoms with Crippen LogP contribution in [0.5, 0.6) is 11.5 Å². The Hall–Kier alpha value is -1.85. The average Bonchev–Trinajstić information content (AvgIpc) is 2.58. The number of halogens is 3. The first kappa shape index (κ1) is 25.1. The van der Waals surface area contributed by atoms with Crippen LogP contribution in [0.3, 0.4) is 0 Å². The van der Waals surface area contributed by atoms with Gasteiger partial charge in [0.05, 0.1) is 19.7 Å². The molecule has 1 aromatic carbocycles. The van der Waals surface area contributed by atoms with Crippen molar-refractivity contribution in [2.24, 2.45) is 4.99 Å². The lowest BCUT2D eigenvalue weighted by Crippen LogP contribution is -2.42. The molecular formula is C17H27F2IN4O3. The fraction of sp³-hybridized carbons (Fsp3) is 0.529. The first-order valence-electron chi connectivity index (χ1n) is 8.30. The number of nitrogens with one attached hydrogen (secondary N) is 2. The van der Waals surface area contributed by atoms with Gasteiger partial charge in [0, 0.05) is 26.2 Å². The molecule has 0 aromatic heterocycles. The molecule has 154 valence electrons. The standard InChI is InChI=1S/C17H26F2N4O3.HI/c1-5-20-17(22-11-14(24)23(3)4)21-10-12-8-7-9-13(25-6-2)15(12)26-16(18)19;/h7-9,16H,5-6,10-11H2,1-4H3,(H2,20,21,22);1H. The summed E-state index contributed by atoms with van der Waals surface area (Å²) in [5.41, 5.74) is 0.451.